The first-order valence-corrected chi connectivity index (χ1v) is 8.92. The third-order valence-electron chi connectivity index (χ3n) is 2.98. The van der Waals surface area contributed by atoms with Crippen LogP contribution in [0.5, 0.6) is 0 Å². The Hall–Kier alpha value is -1.52. The van der Waals surface area contributed by atoms with Gasteiger partial charge in [0.2, 0.25) is 0 Å². The molecule has 0 aliphatic rings. The molecule has 0 radical (unpaired) electrons. The number of carbonyl (C=O) groups is 2. The van der Waals surface area contributed by atoms with Gasteiger partial charge in [-0.2, -0.15) is 0 Å². The number of hydrogen-bond acceptors (Lipinski definition) is 9. The minimum atomic E-state index is -0.653. The minimum absolute atomic E-state index is 0.0279. The highest BCUT2D eigenvalue weighted by molar-refractivity contribution is 5.93. The van der Waals surface area contributed by atoms with Crippen molar-refractivity contribution in [2.75, 3.05) is 79.8 Å². The molecule has 0 heterocycles. The lowest BCUT2D eigenvalue weighted by atomic mass is 10.2. The van der Waals surface area contributed by atoms with Crippen LogP contribution in [0.4, 0.5) is 0 Å². The quantitative estimate of drug-likeness (QED) is 0.179. The number of rotatable bonds is 19. The average Bonchev–Trinajstić information content (AvgIpc) is 2.65. The molecular weight excluding hydrogens is 360 g/mol. The van der Waals surface area contributed by atoms with E-state index in [0.717, 1.165) is 0 Å². The van der Waals surface area contributed by atoms with Crippen molar-refractivity contribution in [2.45, 2.75) is 13.3 Å². The van der Waals surface area contributed by atoms with Crippen LogP contribution < -0.4 is 0 Å². The van der Waals surface area contributed by atoms with Gasteiger partial charge in [0, 0.05) is 19.3 Å². The van der Waals surface area contributed by atoms with Gasteiger partial charge in [0.1, 0.15) is 13.2 Å². The second-order valence-electron chi connectivity index (χ2n) is 5.16. The standard InChI is InChI=1S/C18H32O9/c1-4-22-7-8-24-11-13-26-17(19)15-16(2)18(20)27-14-12-25-10-9-23-6-5-21-3/h2,4-15H2,1,3H3. The molecule has 9 heteroatoms. The summed E-state index contributed by atoms with van der Waals surface area (Å²) in [5.74, 6) is -1.21. The number of hydrogen-bond donors (Lipinski definition) is 0. The van der Waals surface area contributed by atoms with Crippen molar-refractivity contribution >= 4 is 11.9 Å². The second-order valence-corrected chi connectivity index (χ2v) is 5.16. The molecule has 0 aliphatic carbocycles. The molecule has 0 spiro atoms. The van der Waals surface area contributed by atoms with Gasteiger partial charge in [-0.15, -0.1) is 0 Å². The van der Waals surface area contributed by atoms with E-state index in [0.29, 0.717) is 46.2 Å². The molecular formula is C18H32O9. The van der Waals surface area contributed by atoms with Crippen LogP contribution in [0, 0.1) is 0 Å². The molecule has 0 rings (SSSR count). The van der Waals surface area contributed by atoms with Gasteiger partial charge >= 0.3 is 11.9 Å². The molecule has 158 valence electrons. The van der Waals surface area contributed by atoms with Crippen LogP contribution in [-0.2, 0) is 42.7 Å². The lowest BCUT2D eigenvalue weighted by Crippen LogP contribution is -2.17. The van der Waals surface area contributed by atoms with E-state index in [-0.39, 0.29) is 38.4 Å². The van der Waals surface area contributed by atoms with Crippen LogP contribution in [0.15, 0.2) is 12.2 Å². The van der Waals surface area contributed by atoms with Crippen LogP contribution in [-0.4, -0.2) is 91.7 Å². The Kier molecular flexibility index (Phi) is 18.2. The molecule has 0 fully saturated rings. The van der Waals surface area contributed by atoms with Gasteiger partial charge in [0.15, 0.2) is 0 Å². The van der Waals surface area contributed by atoms with Gasteiger partial charge < -0.3 is 33.2 Å². The number of methoxy groups -OCH3 is 1. The Bertz CT molecular complexity index is 398. The molecule has 0 aromatic rings. The molecule has 0 bridgehead atoms. The smallest absolute Gasteiger partial charge is 0.334 e. The molecule has 0 aliphatic heterocycles. The summed E-state index contributed by atoms with van der Waals surface area (Å²) in [6.45, 7) is 9.53. The fourth-order valence-electron chi connectivity index (χ4n) is 1.64. The summed E-state index contributed by atoms with van der Waals surface area (Å²) in [6.07, 6.45) is -0.230. The first-order valence-electron chi connectivity index (χ1n) is 8.92. The zero-order valence-corrected chi connectivity index (χ0v) is 16.4. The van der Waals surface area contributed by atoms with Gasteiger partial charge in [-0.05, 0) is 6.92 Å². The summed E-state index contributed by atoms with van der Waals surface area (Å²) in [4.78, 5) is 23.3. The Balaban J connectivity index is 3.54. The Labute approximate surface area is 160 Å². The normalized spacial score (nSPS) is 10.6. The number of esters is 2. The molecule has 0 aromatic carbocycles. The van der Waals surface area contributed by atoms with Crippen LogP contribution in [0.3, 0.4) is 0 Å². The highest BCUT2D eigenvalue weighted by Crippen LogP contribution is 2.03. The van der Waals surface area contributed by atoms with Crippen molar-refractivity contribution in [3.05, 3.63) is 12.2 Å². The highest BCUT2D eigenvalue weighted by Gasteiger charge is 2.14. The third-order valence-corrected chi connectivity index (χ3v) is 2.98. The van der Waals surface area contributed by atoms with E-state index in [1.165, 1.54) is 0 Å². The van der Waals surface area contributed by atoms with Crippen molar-refractivity contribution in [1.82, 2.24) is 0 Å². The van der Waals surface area contributed by atoms with Crippen molar-refractivity contribution in [3.8, 4) is 0 Å². The summed E-state index contributed by atoms with van der Waals surface area (Å²) >= 11 is 0. The fraction of sp³-hybridized carbons (Fsp3) is 0.778. The highest BCUT2D eigenvalue weighted by atomic mass is 16.6. The molecule has 0 unspecified atom stereocenters. The molecule has 0 amide bonds. The molecule has 0 atom stereocenters. The zero-order valence-electron chi connectivity index (χ0n) is 16.4. The summed E-state index contributed by atoms with van der Waals surface area (Å²) in [5, 5.41) is 0. The molecule has 0 saturated carbocycles. The van der Waals surface area contributed by atoms with E-state index in [9.17, 15) is 9.59 Å². The molecule has 27 heavy (non-hydrogen) atoms. The van der Waals surface area contributed by atoms with Gasteiger partial charge in [0.25, 0.3) is 0 Å². The Morgan fingerprint density at radius 3 is 1.74 bits per heavy atom. The van der Waals surface area contributed by atoms with E-state index in [2.05, 4.69) is 6.58 Å². The topological polar surface area (TPSA) is 98.8 Å². The van der Waals surface area contributed by atoms with E-state index < -0.39 is 11.9 Å². The molecule has 0 N–H and O–H groups in total. The zero-order chi connectivity index (χ0) is 20.2. The minimum Gasteiger partial charge on any atom is -0.463 e. The molecule has 9 nitrogen and oxygen atoms in total. The van der Waals surface area contributed by atoms with Crippen LogP contribution in [0.1, 0.15) is 13.3 Å². The van der Waals surface area contributed by atoms with Gasteiger partial charge in [-0.3, -0.25) is 4.79 Å². The van der Waals surface area contributed by atoms with E-state index in [1.54, 1.807) is 7.11 Å². The lowest BCUT2D eigenvalue weighted by Gasteiger charge is -2.09. The summed E-state index contributed by atoms with van der Waals surface area (Å²) < 4.78 is 35.5. The lowest BCUT2D eigenvalue weighted by molar-refractivity contribution is -0.148. The second kappa shape index (κ2) is 19.2. The third kappa shape index (κ3) is 17.6. The van der Waals surface area contributed by atoms with Crippen LogP contribution >= 0.6 is 0 Å². The van der Waals surface area contributed by atoms with E-state index >= 15 is 0 Å². The monoisotopic (exact) mass is 392 g/mol. The predicted octanol–water partition coefficient (Wildman–Crippen LogP) is 0.752. The molecule has 0 aromatic heterocycles. The van der Waals surface area contributed by atoms with E-state index in [1.807, 2.05) is 6.92 Å². The largest absolute Gasteiger partial charge is 0.463 e. The Morgan fingerprint density at radius 1 is 0.704 bits per heavy atom. The number of ether oxygens (including phenoxy) is 7. The summed E-state index contributed by atoms with van der Waals surface area (Å²) in [6, 6.07) is 0. The first kappa shape index (κ1) is 25.5. The first-order chi connectivity index (χ1) is 13.1. The van der Waals surface area contributed by atoms with Gasteiger partial charge in [0.05, 0.1) is 59.3 Å². The molecule has 0 saturated heterocycles. The van der Waals surface area contributed by atoms with Crippen LogP contribution in [0.2, 0.25) is 0 Å². The van der Waals surface area contributed by atoms with E-state index in [4.69, 9.17) is 33.2 Å². The van der Waals surface area contributed by atoms with Crippen molar-refractivity contribution in [2.24, 2.45) is 0 Å². The average molecular weight is 392 g/mol. The Morgan fingerprint density at radius 2 is 1.19 bits per heavy atom. The van der Waals surface area contributed by atoms with Gasteiger partial charge in [-0.25, -0.2) is 4.79 Å². The van der Waals surface area contributed by atoms with Crippen molar-refractivity contribution < 1.29 is 42.7 Å². The predicted molar refractivity (Wildman–Crippen MR) is 96.5 cm³/mol. The van der Waals surface area contributed by atoms with Crippen molar-refractivity contribution in [1.29, 1.82) is 0 Å². The fourth-order valence-corrected chi connectivity index (χ4v) is 1.64. The van der Waals surface area contributed by atoms with Crippen molar-refractivity contribution in [3.63, 3.8) is 0 Å². The maximum absolute atomic E-state index is 11.7. The SMILES string of the molecule is C=C(CC(=O)OCCOCCOCC)C(=O)OCCOCCOCCOC. The van der Waals surface area contributed by atoms with Crippen LogP contribution in [0.25, 0.3) is 0 Å². The maximum Gasteiger partial charge on any atom is 0.334 e. The summed E-state index contributed by atoms with van der Waals surface area (Å²) in [7, 11) is 1.60. The van der Waals surface area contributed by atoms with Gasteiger partial charge in [-0.1, -0.05) is 6.58 Å². The summed E-state index contributed by atoms with van der Waals surface area (Å²) in [5.41, 5.74) is 0.0279. The maximum atomic E-state index is 11.7. The number of carbonyl (C=O) groups excluding carboxylic acids is 2.